The Kier molecular flexibility index (Phi) is 3.14. The third-order valence-electron chi connectivity index (χ3n) is 4.10. The highest BCUT2D eigenvalue weighted by Gasteiger charge is 2.31. The van der Waals surface area contributed by atoms with Gasteiger partial charge < -0.3 is 25.8 Å². The van der Waals surface area contributed by atoms with Crippen molar-refractivity contribution in [3.8, 4) is 11.3 Å². The van der Waals surface area contributed by atoms with E-state index in [1.807, 2.05) is 17.2 Å². The van der Waals surface area contributed by atoms with Gasteiger partial charge in [-0.15, -0.1) is 0 Å². The molecule has 8 nitrogen and oxygen atoms in total. The lowest BCUT2D eigenvalue weighted by Crippen LogP contribution is -2.22. The number of aromatic amines is 1. The third kappa shape index (κ3) is 2.28. The van der Waals surface area contributed by atoms with Crippen LogP contribution in [-0.2, 0) is 0 Å². The normalized spacial score (nSPS) is 21.2. The average molecular weight is 312 g/mol. The van der Waals surface area contributed by atoms with E-state index in [2.05, 4.69) is 19.9 Å². The molecular formula is C15H16N6O2. The molecule has 8 heteroatoms. The number of nitrogens with one attached hydrogen (secondary N) is 1. The second-order valence-corrected chi connectivity index (χ2v) is 5.60. The van der Waals surface area contributed by atoms with Crippen molar-refractivity contribution in [3.05, 3.63) is 30.7 Å². The van der Waals surface area contributed by atoms with Gasteiger partial charge in [-0.1, -0.05) is 0 Å². The Bertz CT molecular complexity index is 854. The number of fused-ring (bicyclic) bond motifs is 1. The summed E-state index contributed by atoms with van der Waals surface area (Å²) >= 11 is 0. The second kappa shape index (κ2) is 5.18. The molecule has 1 aliphatic heterocycles. The number of hydrogen-bond donors (Lipinski definition) is 4. The highest BCUT2D eigenvalue weighted by Crippen LogP contribution is 2.35. The van der Waals surface area contributed by atoms with Crippen LogP contribution >= 0.6 is 0 Å². The van der Waals surface area contributed by atoms with Gasteiger partial charge in [-0.2, -0.15) is 0 Å². The minimum absolute atomic E-state index is 0.203. The maximum absolute atomic E-state index is 9.82. The molecule has 3 aromatic rings. The molecule has 1 fully saturated rings. The lowest BCUT2D eigenvalue weighted by molar-refractivity contribution is 0.0572. The highest BCUT2D eigenvalue weighted by atomic mass is 16.3. The van der Waals surface area contributed by atoms with Crippen molar-refractivity contribution < 1.29 is 10.2 Å². The number of aliphatic hydroxyl groups is 2. The molecule has 4 heterocycles. The van der Waals surface area contributed by atoms with E-state index in [0.717, 1.165) is 16.6 Å². The van der Waals surface area contributed by atoms with Gasteiger partial charge in [0.1, 0.15) is 5.65 Å². The molecule has 0 radical (unpaired) electrons. The number of nitrogens with zero attached hydrogens (tertiary/aromatic N) is 4. The summed E-state index contributed by atoms with van der Waals surface area (Å²) in [6.45, 7) is 0.744. The lowest BCUT2D eigenvalue weighted by atomic mass is 10.1. The van der Waals surface area contributed by atoms with Gasteiger partial charge in [0.2, 0.25) is 5.95 Å². The molecule has 0 saturated carbocycles. The largest absolute Gasteiger partial charge is 0.389 e. The van der Waals surface area contributed by atoms with Gasteiger partial charge in [0.05, 0.1) is 29.0 Å². The van der Waals surface area contributed by atoms with Crippen molar-refractivity contribution in [1.29, 1.82) is 0 Å². The zero-order valence-electron chi connectivity index (χ0n) is 12.2. The Labute approximate surface area is 131 Å². The highest BCUT2D eigenvalue weighted by molar-refractivity contribution is 6.02. The number of nitrogens with two attached hydrogens (primary N) is 1. The molecule has 2 atom stereocenters. The maximum atomic E-state index is 9.82. The molecule has 1 aliphatic rings. The van der Waals surface area contributed by atoms with Gasteiger partial charge in [-0.25, -0.2) is 15.0 Å². The van der Waals surface area contributed by atoms with Gasteiger partial charge in [0.25, 0.3) is 0 Å². The van der Waals surface area contributed by atoms with Crippen LogP contribution in [0.1, 0.15) is 0 Å². The molecule has 1 saturated heterocycles. The van der Waals surface area contributed by atoms with Crippen LogP contribution in [0, 0.1) is 0 Å². The van der Waals surface area contributed by atoms with Crippen LogP contribution in [-0.4, -0.2) is 55.4 Å². The number of β-amino-alcohol motifs (C(OH)–C–C–N with tert-alkyl or cyclic N) is 2. The number of pyridine rings is 1. The van der Waals surface area contributed by atoms with E-state index >= 15 is 0 Å². The smallest absolute Gasteiger partial charge is 0.220 e. The standard InChI is InChI=1S/C15H16N6O2/c16-15-18-3-1-9(20-15)8-5-19-14-13(8)10(2-4-17-14)21-6-11(22)12(23)7-21/h1-5,11-12,22-23H,6-7H2,(H,17,19)(H2,16,18,20). The first kappa shape index (κ1) is 13.9. The first-order valence-electron chi connectivity index (χ1n) is 7.29. The molecule has 5 N–H and O–H groups in total. The Morgan fingerprint density at radius 3 is 2.61 bits per heavy atom. The fourth-order valence-corrected chi connectivity index (χ4v) is 2.99. The molecule has 0 amide bonds. The molecule has 0 spiro atoms. The predicted octanol–water partition coefficient (Wildman–Crippen LogP) is 0.144. The van der Waals surface area contributed by atoms with Gasteiger partial charge >= 0.3 is 0 Å². The summed E-state index contributed by atoms with van der Waals surface area (Å²) in [5.74, 6) is 0.203. The van der Waals surface area contributed by atoms with Crippen molar-refractivity contribution in [2.75, 3.05) is 23.7 Å². The molecule has 118 valence electrons. The van der Waals surface area contributed by atoms with E-state index in [9.17, 15) is 10.2 Å². The zero-order valence-corrected chi connectivity index (χ0v) is 12.2. The molecule has 0 aromatic carbocycles. The Morgan fingerprint density at radius 1 is 1.13 bits per heavy atom. The van der Waals surface area contributed by atoms with Crippen LogP contribution in [0.5, 0.6) is 0 Å². The monoisotopic (exact) mass is 312 g/mol. The molecule has 23 heavy (non-hydrogen) atoms. The fourth-order valence-electron chi connectivity index (χ4n) is 2.99. The summed E-state index contributed by atoms with van der Waals surface area (Å²) in [5.41, 5.74) is 8.83. The Hall–Kier alpha value is -2.71. The van der Waals surface area contributed by atoms with Crippen LogP contribution in [0.25, 0.3) is 22.3 Å². The van der Waals surface area contributed by atoms with Crippen molar-refractivity contribution in [2.45, 2.75) is 12.2 Å². The summed E-state index contributed by atoms with van der Waals surface area (Å²) < 4.78 is 0. The minimum atomic E-state index is -0.754. The Morgan fingerprint density at radius 2 is 1.87 bits per heavy atom. The van der Waals surface area contributed by atoms with E-state index in [-0.39, 0.29) is 5.95 Å². The summed E-state index contributed by atoms with van der Waals surface area (Å²) in [4.78, 5) is 17.6. The van der Waals surface area contributed by atoms with Gasteiger partial charge in [-0.3, -0.25) is 0 Å². The summed E-state index contributed by atoms with van der Waals surface area (Å²) in [6.07, 6.45) is 3.62. The van der Waals surface area contributed by atoms with Gasteiger partial charge in [0, 0.05) is 37.2 Å². The third-order valence-corrected chi connectivity index (χ3v) is 4.10. The second-order valence-electron chi connectivity index (χ2n) is 5.60. The molecule has 4 rings (SSSR count). The van der Waals surface area contributed by atoms with E-state index < -0.39 is 12.2 Å². The van der Waals surface area contributed by atoms with Gasteiger partial charge in [-0.05, 0) is 12.1 Å². The van der Waals surface area contributed by atoms with E-state index in [1.165, 1.54) is 0 Å². The van der Waals surface area contributed by atoms with Crippen LogP contribution in [0.15, 0.2) is 30.7 Å². The predicted molar refractivity (Wildman–Crippen MR) is 85.8 cm³/mol. The number of rotatable bonds is 2. The number of H-pyrrole nitrogens is 1. The topological polar surface area (TPSA) is 124 Å². The SMILES string of the molecule is Nc1nccc(-c2c[nH]c3nccc(N4CC(O)C(O)C4)c23)n1. The van der Waals surface area contributed by atoms with Crippen LogP contribution in [0.2, 0.25) is 0 Å². The molecule has 2 unspecified atom stereocenters. The number of anilines is 2. The number of hydrogen-bond acceptors (Lipinski definition) is 7. The first-order chi connectivity index (χ1) is 11.1. The van der Waals surface area contributed by atoms with Crippen molar-refractivity contribution in [2.24, 2.45) is 0 Å². The van der Waals surface area contributed by atoms with Gasteiger partial charge in [0.15, 0.2) is 0 Å². The molecule has 0 aliphatic carbocycles. The lowest BCUT2D eigenvalue weighted by Gasteiger charge is -2.19. The Balaban J connectivity index is 1.88. The average Bonchev–Trinajstić information content (AvgIpc) is 3.11. The van der Waals surface area contributed by atoms with Crippen molar-refractivity contribution in [1.82, 2.24) is 19.9 Å². The maximum Gasteiger partial charge on any atom is 0.220 e. The summed E-state index contributed by atoms with van der Waals surface area (Å²) in [7, 11) is 0. The zero-order chi connectivity index (χ0) is 16.0. The van der Waals surface area contributed by atoms with Crippen LogP contribution < -0.4 is 10.6 Å². The molecule has 3 aromatic heterocycles. The quantitative estimate of drug-likeness (QED) is 0.530. The van der Waals surface area contributed by atoms with Crippen LogP contribution in [0.4, 0.5) is 11.6 Å². The molecule has 0 bridgehead atoms. The summed E-state index contributed by atoms with van der Waals surface area (Å²) in [5, 5.41) is 20.5. The summed E-state index contributed by atoms with van der Waals surface area (Å²) in [6, 6.07) is 3.65. The van der Waals surface area contributed by atoms with E-state index in [0.29, 0.717) is 24.4 Å². The van der Waals surface area contributed by atoms with Crippen molar-refractivity contribution >= 4 is 22.7 Å². The van der Waals surface area contributed by atoms with E-state index in [1.54, 1.807) is 18.5 Å². The fraction of sp³-hybridized carbons (Fsp3) is 0.267. The molecular weight excluding hydrogens is 296 g/mol. The van der Waals surface area contributed by atoms with Crippen LogP contribution in [0.3, 0.4) is 0 Å². The number of aliphatic hydroxyl groups excluding tert-OH is 2. The first-order valence-corrected chi connectivity index (χ1v) is 7.29. The number of aromatic nitrogens is 4. The van der Waals surface area contributed by atoms with E-state index in [4.69, 9.17) is 5.73 Å². The van der Waals surface area contributed by atoms with Crippen molar-refractivity contribution in [3.63, 3.8) is 0 Å². The number of nitrogen functional groups attached to an aromatic ring is 1. The minimum Gasteiger partial charge on any atom is -0.389 e.